The highest BCUT2D eigenvalue weighted by Crippen LogP contribution is 2.34. The maximum Gasteiger partial charge on any atom is 0.330 e. The SMILES string of the molecule is O=c1ccn([C@@H]2O[C@H](CO)C(O)[C@@H]2Oc2cccc3ccccc23)c(=O)[nH]1. The van der Waals surface area contributed by atoms with E-state index < -0.39 is 42.4 Å². The Labute approximate surface area is 153 Å². The number of hydrogen-bond donors (Lipinski definition) is 3. The molecule has 27 heavy (non-hydrogen) atoms. The lowest BCUT2D eigenvalue weighted by Gasteiger charge is -2.23. The van der Waals surface area contributed by atoms with Gasteiger partial charge in [-0.25, -0.2) is 4.79 Å². The highest BCUT2D eigenvalue weighted by molar-refractivity contribution is 5.88. The summed E-state index contributed by atoms with van der Waals surface area (Å²) in [5.41, 5.74) is -1.23. The maximum absolute atomic E-state index is 12.2. The topological polar surface area (TPSA) is 114 Å². The van der Waals surface area contributed by atoms with Crippen molar-refractivity contribution in [1.82, 2.24) is 9.55 Å². The first-order valence-electron chi connectivity index (χ1n) is 8.49. The molecule has 1 aromatic heterocycles. The fourth-order valence-electron chi connectivity index (χ4n) is 3.29. The molecule has 3 N–H and O–H groups in total. The van der Waals surface area contributed by atoms with Crippen molar-refractivity contribution < 1.29 is 19.7 Å². The third-order valence-electron chi connectivity index (χ3n) is 4.63. The third-order valence-corrected chi connectivity index (χ3v) is 4.63. The number of hydrogen-bond acceptors (Lipinski definition) is 6. The van der Waals surface area contributed by atoms with E-state index in [1.165, 1.54) is 12.3 Å². The van der Waals surface area contributed by atoms with E-state index in [0.717, 1.165) is 15.3 Å². The van der Waals surface area contributed by atoms with E-state index in [1.54, 1.807) is 6.07 Å². The van der Waals surface area contributed by atoms with E-state index >= 15 is 0 Å². The number of aliphatic hydroxyl groups is 2. The van der Waals surface area contributed by atoms with Crippen molar-refractivity contribution in [3.05, 3.63) is 75.6 Å². The van der Waals surface area contributed by atoms with Crippen LogP contribution in [0.25, 0.3) is 10.8 Å². The number of H-pyrrole nitrogens is 1. The Morgan fingerprint density at radius 1 is 1.11 bits per heavy atom. The summed E-state index contributed by atoms with van der Waals surface area (Å²) >= 11 is 0. The molecule has 0 amide bonds. The molecule has 0 bridgehead atoms. The molecule has 140 valence electrons. The lowest BCUT2D eigenvalue weighted by molar-refractivity contribution is -0.0522. The molecule has 0 radical (unpaired) electrons. The lowest BCUT2D eigenvalue weighted by atomic mass is 10.1. The van der Waals surface area contributed by atoms with Crippen LogP contribution in [-0.2, 0) is 4.74 Å². The number of fused-ring (bicyclic) bond motifs is 1. The van der Waals surface area contributed by atoms with Crippen LogP contribution in [0.1, 0.15) is 6.23 Å². The Bertz CT molecular complexity index is 1070. The van der Waals surface area contributed by atoms with E-state index in [1.807, 2.05) is 36.4 Å². The Kier molecular flexibility index (Phi) is 4.53. The van der Waals surface area contributed by atoms with Crippen molar-refractivity contribution in [2.24, 2.45) is 0 Å². The van der Waals surface area contributed by atoms with E-state index in [-0.39, 0.29) is 0 Å². The van der Waals surface area contributed by atoms with Gasteiger partial charge in [0.1, 0.15) is 18.0 Å². The van der Waals surface area contributed by atoms with Crippen molar-refractivity contribution in [3.63, 3.8) is 0 Å². The molecular formula is C19H18N2O6. The highest BCUT2D eigenvalue weighted by Gasteiger charge is 2.46. The molecule has 0 saturated carbocycles. The van der Waals surface area contributed by atoms with Gasteiger partial charge in [0.15, 0.2) is 12.3 Å². The van der Waals surface area contributed by atoms with Crippen LogP contribution in [-0.4, -0.2) is 44.7 Å². The normalized spacial score (nSPS) is 25.0. The maximum atomic E-state index is 12.2. The van der Waals surface area contributed by atoms with E-state index in [2.05, 4.69) is 4.98 Å². The van der Waals surface area contributed by atoms with Gasteiger partial charge in [-0.3, -0.25) is 14.3 Å². The number of ether oxygens (including phenoxy) is 2. The molecule has 1 aliphatic rings. The van der Waals surface area contributed by atoms with E-state index in [4.69, 9.17) is 9.47 Å². The molecule has 4 atom stereocenters. The minimum Gasteiger partial charge on any atom is -0.482 e. The van der Waals surface area contributed by atoms with Crippen LogP contribution in [0.4, 0.5) is 0 Å². The third kappa shape index (κ3) is 3.14. The number of aromatic amines is 1. The molecule has 3 aromatic rings. The predicted octanol–water partition coefficient (Wildman–Crippen LogP) is 0.388. The first-order valence-corrected chi connectivity index (χ1v) is 8.49. The molecule has 1 aliphatic heterocycles. The van der Waals surface area contributed by atoms with Crippen LogP contribution in [0.2, 0.25) is 0 Å². The summed E-state index contributed by atoms with van der Waals surface area (Å²) in [7, 11) is 0. The number of aromatic nitrogens is 2. The second kappa shape index (κ2) is 6.99. The van der Waals surface area contributed by atoms with Gasteiger partial charge in [-0.05, 0) is 11.5 Å². The molecule has 0 spiro atoms. The van der Waals surface area contributed by atoms with Crippen molar-refractivity contribution in [2.75, 3.05) is 6.61 Å². The highest BCUT2D eigenvalue weighted by atomic mass is 16.6. The summed E-state index contributed by atoms with van der Waals surface area (Å²) in [6.45, 7) is -0.439. The van der Waals surface area contributed by atoms with Gasteiger partial charge in [0, 0.05) is 17.6 Å². The van der Waals surface area contributed by atoms with Crippen LogP contribution in [0.3, 0.4) is 0 Å². The minimum atomic E-state index is -1.17. The largest absolute Gasteiger partial charge is 0.482 e. The van der Waals surface area contributed by atoms with Crippen molar-refractivity contribution in [1.29, 1.82) is 0 Å². The molecule has 1 saturated heterocycles. The van der Waals surface area contributed by atoms with Gasteiger partial charge in [0.05, 0.1) is 6.61 Å². The molecule has 2 aromatic carbocycles. The Morgan fingerprint density at radius 3 is 2.67 bits per heavy atom. The zero-order valence-corrected chi connectivity index (χ0v) is 14.2. The van der Waals surface area contributed by atoms with Gasteiger partial charge < -0.3 is 19.7 Å². The Balaban J connectivity index is 1.75. The predicted molar refractivity (Wildman–Crippen MR) is 96.7 cm³/mol. The zero-order valence-electron chi connectivity index (χ0n) is 14.2. The molecule has 8 nitrogen and oxygen atoms in total. The number of rotatable bonds is 4. The number of benzene rings is 2. The van der Waals surface area contributed by atoms with Crippen LogP contribution >= 0.6 is 0 Å². The quantitative estimate of drug-likeness (QED) is 0.612. The first-order chi connectivity index (χ1) is 13.1. The smallest absolute Gasteiger partial charge is 0.330 e. The monoisotopic (exact) mass is 370 g/mol. The molecule has 4 rings (SSSR count). The van der Waals surface area contributed by atoms with Crippen LogP contribution < -0.4 is 16.0 Å². The van der Waals surface area contributed by atoms with Gasteiger partial charge in [-0.1, -0.05) is 36.4 Å². The second-order valence-corrected chi connectivity index (χ2v) is 6.32. The first kappa shape index (κ1) is 17.5. The van der Waals surface area contributed by atoms with Crippen LogP contribution in [0, 0.1) is 0 Å². The summed E-state index contributed by atoms with van der Waals surface area (Å²) < 4.78 is 12.8. The molecule has 1 unspecified atom stereocenters. The molecular weight excluding hydrogens is 352 g/mol. The van der Waals surface area contributed by atoms with E-state index in [0.29, 0.717) is 5.75 Å². The summed E-state index contributed by atoms with van der Waals surface area (Å²) in [6, 6.07) is 14.3. The van der Waals surface area contributed by atoms with Gasteiger partial charge in [0.2, 0.25) is 0 Å². The van der Waals surface area contributed by atoms with Crippen LogP contribution in [0.5, 0.6) is 5.75 Å². The fourth-order valence-corrected chi connectivity index (χ4v) is 3.29. The Morgan fingerprint density at radius 2 is 1.89 bits per heavy atom. The summed E-state index contributed by atoms with van der Waals surface area (Å²) in [6.07, 6.45) is -2.79. The van der Waals surface area contributed by atoms with Gasteiger partial charge >= 0.3 is 5.69 Å². The fraction of sp³-hybridized carbons (Fsp3) is 0.263. The second-order valence-electron chi connectivity index (χ2n) is 6.32. The zero-order chi connectivity index (χ0) is 19.0. The van der Waals surface area contributed by atoms with E-state index in [9.17, 15) is 19.8 Å². The van der Waals surface area contributed by atoms with Gasteiger partial charge in [-0.15, -0.1) is 0 Å². The average Bonchev–Trinajstić information content (AvgIpc) is 2.98. The molecule has 8 heteroatoms. The molecule has 1 fully saturated rings. The summed E-state index contributed by atoms with van der Waals surface area (Å²) in [4.78, 5) is 25.6. The molecule has 0 aliphatic carbocycles. The summed E-state index contributed by atoms with van der Waals surface area (Å²) in [5, 5.41) is 21.8. The Hall–Kier alpha value is -2.94. The number of nitrogens with one attached hydrogen (secondary N) is 1. The standard InChI is InChI=1S/C19H18N2O6/c22-10-14-16(24)17(18(27-14)21-9-8-15(23)20-19(21)25)26-13-7-3-5-11-4-1-2-6-12(11)13/h1-9,14,16-18,22,24H,10H2,(H,20,23,25)/t14-,16?,17+,18-/m1/s1. The lowest BCUT2D eigenvalue weighted by Crippen LogP contribution is -2.41. The number of aliphatic hydroxyl groups excluding tert-OH is 2. The average molecular weight is 370 g/mol. The van der Waals surface area contributed by atoms with Gasteiger partial charge in [0.25, 0.3) is 5.56 Å². The minimum absolute atomic E-state index is 0.439. The van der Waals surface area contributed by atoms with Crippen molar-refractivity contribution in [3.8, 4) is 5.75 Å². The van der Waals surface area contributed by atoms with Crippen molar-refractivity contribution >= 4 is 10.8 Å². The van der Waals surface area contributed by atoms with Gasteiger partial charge in [-0.2, -0.15) is 0 Å². The summed E-state index contributed by atoms with van der Waals surface area (Å²) in [5.74, 6) is 0.516. The molecule has 2 heterocycles. The van der Waals surface area contributed by atoms with Crippen LogP contribution in [0.15, 0.2) is 64.3 Å². The number of nitrogens with zero attached hydrogens (tertiary/aromatic N) is 1. The van der Waals surface area contributed by atoms with Crippen molar-refractivity contribution in [2.45, 2.75) is 24.5 Å².